The molecule has 3 nitrogen and oxygen atoms in total. The van der Waals surface area contributed by atoms with Crippen molar-refractivity contribution in [1.29, 1.82) is 0 Å². The van der Waals surface area contributed by atoms with E-state index in [1.165, 1.54) is 11.1 Å². The largest absolute Gasteiger partial charge is 0.344 e. The van der Waals surface area contributed by atoms with E-state index in [-0.39, 0.29) is 5.91 Å². The number of carbonyl (C=O) groups excluding carboxylic acids is 1. The zero-order valence-electron chi connectivity index (χ0n) is 11.5. The van der Waals surface area contributed by atoms with Gasteiger partial charge in [-0.3, -0.25) is 9.69 Å². The first kappa shape index (κ1) is 13.1. The molecule has 0 aromatic heterocycles. The highest BCUT2D eigenvalue weighted by atomic mass is 16.2. The number of rotatable bonds is 4. The average Bonchev–Trinajstić information content (AvgIpc) is 2.69. The fourth-order valence-corrected chi connectivity index (χ4v) is 2.48. The zero-order chi connectivity index (χ0) is 13.1. The van der Waals surface area contributed by atoms with Crippen LogP contribution in [0.15, 0.2) is 24.3 Å². The lowest BCUT2D eigenvalue weighted by Crippen LogP contribution is -2.37. The highest BCUT2D eigenvalue weighted by Gasteiger charge is 2.21. The Balaban J connectivity index is 1.88. The molecule has 0 radical (unpaired) electrons. The summed E-state index contributed by atoms with van der Waals surface area (Å²) >= 11 is 0. The van der Waals surface area contributed by atoms with Crippen LogP contribution in [-0.4, -0.2) is 35.8 Å². The number of nitrogens with zero attached hydrogens (tertiary/aromatic N) is 2. The smallest absolute Gasteiger partial charge is 0.236 e. The quantitative estimate of drug-likeness (QED) is 0.812. The van der Waals surface area contributed by atoms with Gasteiger partial charge in [0.2, 0.25) is 5.91 Å². The van der Waals surface area contributed by atoms with Crippen molar-refractivity contribution in [2.45, 2.75) is 26.9 Å². The van der Waals surface area contributed by atoms with Crippen LogP contribution >= 0.6 is 0 Å². The summed E-state index contributed by atoms with van der Waals surface area (Å²) in [5, 5.41) is 0. The molecule has 0 saturated carbocycles. The van der Waals surface area contributed by atoms with Gasteiger partial charge in [0.05, 0.1) is 6.54 Å². The fourth-order valence-electron chi connectivity index (χ4n) is 2.48. The van der Waals surface area contributed by atoms with E-state index in [0.717, 1.165) is 19.6 Å². The highest BCUT2D eigenvalue weighted by Crippen LogP contribution is 2.21. The molecule has 0 bridgehead atoms. The maximum Gasteiger partial charge on any atom is 0.236 e. The van der Waals surface area contributed by atoms with Gasteiger partial charge in [0.25, 0.3) is 0 Å². The van der Waals surface area contributed by atoms with Gasteiger partial charge in [-0.15, -0.1) is 0 Å². The molecule has 1 aromatic rings. The Hall–Kier alpha value is -1.35. The van der Waals surface area contributed by atoms with Gasteiger partial charge < -0.3 is 4.90 Å². The van der Waals surface area contributed by atoms with Crippen molar-refractivity contribution in [2.75, 3.05) is 20.1 Å². The maximum atomic E-state index is 12.1. The van der Waals surface area contributed by atoms with Gasteiger partial charge in [0.15, 0.2) is 0 Å². The van der Waals surface area contributed by atoms with E-state index in [9.17, 15) is 4.79 Å². The molecule has 0 N–H and O–H groups in total. The molecule has 1 heterocycles. The minimum atomic E-state index is 0.219. The van der Waals surface area contributed by atoms with Crippen molar-refractivity contribution in [1.82, 2.24) is 9.80 Å². The molecule has 0 spiro atoms. The van der Waals surface area contributed by atoms with Crippen LogP contribution in [0.25, 0.3) is 0 Å². The van der Waals surface area contributed by atoms with Gasteiger partial charge in [-0.1, -0.05) is 38.1 Å². The topological polar surface area (TPSA) is 23.6 Å². The maximum absolute atomic E-state index is 12.1. The van der Waals surface area contributed by atoms with Crippen LogP contribution in [0, 0.1) is 5.92 Å². The van der Waals surface area contributed by atoms with Crippen LogP contribution in [0.2, 0.25) is 0 Å². The van der Waals surface area contributed by atoms with Gasteiger partial charge in [0.1, 0.15) is 0 Å². The predicted octanol–water partition coefficient (Wildman–Crippen LogP) is 2.12. The van der Waals surface area contributed by atoms with Crippen molar-refractivity contribution in [2.24, 2.45) is 5.92 Å². The molecule has 0 unspecified atom stereocenters. The molecule has 0 saturated heterocycles. The lowest BCUT2D eigenvalue weighted by atomic mass is 10.1. The van der Waals surface area contributed by atoms with Crippen molar-refractivity contribution in [3.8, 4) is 0 Å². The Labute approximate surface area is 109 Å². The Kier molecular flexibility index (Phi) is 4.02. The number of benzene rings is 1. The summed E-state index contributed by atoms with van der Waals surface area (Å²) in [7, 11) is 1.89. The first-order valence-electron chi connectivity index (χ1n) is 6.59. The monoisotopic (exact) mass is 246 g/mol. The summed E-state index contributed by atoms with van der Waals surface area (Å²) in [6.45, 7) is 7.43. The summed E-state index contributed by atoms with van der Waals surface area (Å²) in [6.07, 6.45) is 0. The molecular formula is C15H22N2O. The number of amides is 1. The summed E-state index contributed by atoms with van der Waals surface area (Å²) in [5.74, 6) is 0.742. The fraction of sp³-hybridized carbons (Fsp3) is 0.533. The summed E-state index contributed by atoms with van der Waals surface area (Å²) < 4.78 is 0. The molecular weight excluding hydrogens is 224 g/mol. The predicted molar refractivity (Wildman–Crippen MR) is 73.0 cm³/mol. The van der Waals surface area contributed by atoms with Gasteiger partial charge >= 0.3 is 0 Å². The highest BCUT2D eigenvalue weighted by molar-refractivity contribution is 5.78. The van der Waals surface area contributed by atoms with E-state index in [0.29, 0.717) is 12.5 Å². The molecule has 0 fully saturated rings. The second-order valence-corrected chi connectivity index (χ2v) is 5.58. The summed E-state index contributed by atoms with van der Waals surface area (Å²) in [5.41, 5.74) is 2.72. The van der Waals surface area contributed by atoms with Crippen LogP contribution in [0.1, 0.15) is 25.0 Å². The number of carbonyl (C=O) groups is 1. The van der Waals surface area contributed by atoms with Gasteiger partial charge in [-0.25, -0.2) is 0 Å². The third-order valence-electron chi connectivity index (χ3n) is 3.33. The van der Waals surface area contributed by atoms with Gasteiger partial charge in [-0.2, -0.15) is 0 Å². The Morgan fingerprint density at radius 2 is 1.83 bits per heavy atom. The van der Waals surface area contributed by atoms with Crippen LogP contribution in [0.5, 0.6) is 0 Å². The van der Waals surface area contributed by atoms with E-state index in [1.54, 1.807) is 0 Å². The van der Waals surface area contributed by atoms with E-state index in [2.05, 4.69) is 43.0 Å². The minimum absolute atomic E-state index is 0.219. The second kappa shape index (κ2) is 5.53. The second-order valence-electron chi connectivity index (χ2n) is 5.58. The van der Waals surface area contributed by atoms with E-state index in [1.807, 2.05) is 11.9 Å². The van der Waals surface area contributed by atoms with E-state index >= 15 is 0 Å². The Bertz CT molecular complexity index is 403. The third kappa shape index (κ3) is 3.10. The Morgan fingerprint density at radius 3 is 2.33 bits per heavy atom. The van der Waals surface area contributed by atoms with E-state index in [4.69, 9.17) is 0 Å². The molecule has 1 aromatic carbocycles. The SMILES string of the molecule is CC(C)CN(C)C(=O)CN1Cc2ccccc2C1. The first-order chi connectivity index (χ1) is 8.56. The number of hydrogen-bond acceptors (Lipinski definition) is 2. The minimum Gasteiger partial charge on any atom is -0.344 e. The van der Waals surface area contributed by atoms with Crippen molar-refractivity contribution < 1.29 is 4.79 Å². The van der Waals surface area contributed by atoms with Crippen molar-refractivity contribution in [3.63, 3.8) is 0 Å². The molecule has 98 valence electrons. The van der Waals surface area contributed by atoms with Crippen LogP contribution in [0.3, 0.4) is 0 Å². The Morgan fingerprint density at radius 1 is 1.28 bits per heavy atom. The number of fused-ring (bicyclic) bond motifs is 1. The molecule has 1 aliphatic heterocycles. The van der Waals surface area contributed by atoms with Crippen LogP contribution < -0.4 is 0 Å². The van der Waals surface area contributed by atoms with Crippen LogP contribution in [0.4, 0.5) is 0 Å². The normalized spacial score (nSPS) is 14.9. The molecule has 1 amide bonds. The standard InChI is InChI=1S/C15H22N2O/c1-12(2)8-16(3)15(18)11-17-9-13-6-4-5-7-14(13)10-17/h4-7,12H,8-11H2,1-3H3. The van der Waals surface area contributed by atoms with Gasteiger partial charge in [-0.05, 0) is 17.0 Å². The zero-order valence-corrected chi connectivity index (χ0v) is 11.5. The molecule has 0 atom stereocenters. The first-order valence-corrected chi connectivity index (χ1v) is 6.59. The lowest BCUT2D eigenvalue weighted by Gasteiger charge is -2.22. The summed E-state index contributed by atoms with van der Waals surface area (Å²) in [6, 6.07) is 8.43. The van der Waals surface area contributed by atoms with Crippen molar-refractivity contribution in [3.05, 3.63) is 35.4 Å². The molecule has 18 heavy (non-hydrogen) atoms. The van der Waals surface area contributed by atoms with Crippen LogP contribution in [-0.2, 0) is 17.9 Å². The van der Waals surface area contributed by atoms with Gasteiger partial charge in [0, 0.05) is 26.7 Å². The van der Waals surface area contributed by atoms with E-state index < -0.39 is 0 Å². The molecule has 0 aliphatic carbocycles. The van der Waals surface area contributed by atoms with Crippen molar-refractivity contribution >= 4 is 5.91 Å². The summed E-state index contributed by atoms with van der Waals surface area (Å²) in [4.78, 5) is 16.1. The number of likely N-dealkylation sites (N-methyl/N-ethyl adjacent to an activating group) is 1. The molecule has 3 heteroatoms. The molecule has 1 aliphatic rings. The average molecular weight is 246 g/mol. The number of hydrogen-bond donors (Lipinski definition) is 0. The molecule has 2 rings (SSSR count). The lowest BCUT2D eigenvalue weighted by molar-refractivity contribution is -0.131. The third-order valence-corrected chi connectivity index (χ3v) is 3.33.